The average Bonchev–Trinajstić information content (AvgIpc) is 3.25. The van der Waals surface area contributed by atoms with E-state index in [9.17, 15) is 9.18 Å². The molecule has 3 heterocycles. The maximum atomic E-state index is 13.0. The van der Waals surface area contributed by atoms with Crippen LogP contribution in [-0.2, 0) is 11.2 Å². The second-order valence-electron chi connectivity index (χ2n) is 6.36. The molecular weight excluding hydrogens is 347 g/mol. The quantitative estimate of drug-likeness (QED) is 0.703. The van der Waals surface area contributed by atoms with Crippen molar-refractivity contribution in [2.24, 2.45) is 0 Å². The van der Waals surface area contributed by atoms with Gasteiger partial charge in [0.25, 0.3) is 0 Å². The van der Waals surface area contributed by atoms with Crippen LogP contribution in [0.4, 0.5) is 10.2 Å². The summed E-state index contributed by atoms with van der Waals surface area (Å²) in [5, 5.41) is 4.17. The topological polar surface area (TPSA) is 67.2 Å². The minimum absolute atomic E-state index is 0.0534. The maximum absolute atomic E-state index is 13.0. The molecule has 4 rings (SSSR count). The van der Waals surface area contributed by atoms with Crippen molar-refractivity contribution in [1.29, 1.82) is 0 Å². The highest BCUT2D eigenvalue weighted by atomic mass is 19.1. The molecule has 0 saturated carbocycles. The molecule has 1 amide bonds. The van der Waals surface area contributed by atoms with Crippen LogP contribution >= 0.6 is 0 Å². The fourth-order valence-electron chi connectivity index (χ4n) is 3.09. The number of anilines is 1. The van der Waals surface area contributed by atoms with Gasteiger partial charge in [-0.15, -0.1) is 0 Å². The number of benzene rings is 1. The zero-order valence-electron chi connectivity index (χ0n) is 14.7. The van der Waals surface area contributed by atoms with Crippen LogP contribution < -0.4 is 4.90 Å². The summed E-state index contributed by atoms with van der Waals surface area (Å²) in [6.07, 6.45) is 7.19. The van der Waals surface area contributed by atoms with Crippen LogP contribution in [0.3, 0.4) is 0 Å². The average molecular weight is 366 g/mol. The summed E-state index contributed by atoms with van der Waals surface area (Å²) >= 11 is 0. The van der Waals surface area contributed by atoms with Crippen LogP contribution in [0.15, 0.2) is 55.1 Å². The van der Waals surface area contributed by atoms with Crippen molar-refractivity contribution in [1.82, 2.24) is 24.6 Å². The molecule has 0 atom stereocenters. The molecule has 0 unspecified atom stereocenters. The van der Waals surface area contributed by atoms with Crippen molar-refractivity contribution in [3.05, 3.63) is 66.5 Å². The van der Waals surface area contributed by atoms with Gasteiger partial charge >= 0.3 is 0 Å². The van der Waals surface area contributed by atoms with Crippen LogP contribution in [0.1, 0.15) is 5.56 Å². The summed E-state index contributed by atoms with van der Waals surface area (Å²) in [7, 11) is 0. The third-order valence-electron chi connectivity index (χ3n) is 4.57. The van der Waals surface area contributed by atoms with E-state index in [0.717, 1.165) is 11.4 Å². The lowest BCUT2D eigenvalue weighted by Crippen LogP contribution is -2.49. The van der Waals surface area contributed by atoms with E-state index in [4.69, 9.17) is 0 Å². The second-order valence-corrected chi connectivity index (χ2v) is 6.36. The number of carbonyl (C=O) groups is 1. The molecular formula is C19H19FN6O. The van der Waals surface area contributed by atoms with E-state index in [2.05, 4.69) is 20.0 Å². The highest BCUT2D eigenvalue weighted by molar-refractivity contribution is 5.79. The molecule has 1 aromatic carbocycles. The van der Waals surface area contributed by atoms with Crippen LogP contribution in [0.5, 0.6) is 0 Å². The Labute approximate surface area is 156 Å². The first-order valence-corrected chi connectivity index (χ1v) is 8.78. The molecule has 0 radical (unpaired) electrons. The van der Waals surface area contributed by atoms with Crippen LogP contribution in [0.2, 0.25) is 0 Å². The van der Waals surface area contributed by atoms with E-state index < -0.39 is 0 Å². The summed E-state index contributed by atoms with van der Waals surface area (Å²) in [4.78, 5) is 25.3. The Balaban J connectivity index is 1.37. The predicted molar refractivity (Wildman–Crippen MR) is 98.1 cm³/mol. The van der Waals surface area contributed by atoms with Gasteiger partial charge in [0.2, 0.25) is 5.91 Å². The molecule has 138 valence electrons. The smallest absolute Gasteiger partial charge is 0.227 e. The minimum Gasteiger partial charge on any atom is -0.352 e. The van der Waals surface area contributed by atoms with Crippen molar-refractivity contribution < 1.29 is 9.18 Å². The van der Waals surface area contributed by atoms with E-state index in [-0.39, 0.29) is 18.1 Å². The van der Waals surface area contributed by atoms with Gasteiger partial charge in [-0.2, -0.15) is 5.10 Å². The number of hydrogen-bond donors (Lipinski definition) is 0. The molecule has 1 aliphatic heterocycles. The summed E-state index contributed by atoms with van der Waals surface area (Å²) in [6.45, 7) is 2.61. The third-order valence-corrected chi connectivity index (χ3v) is 4.57. The molecule has 0 N–H and O–H groups in total. The van der Waals surface area contributed by atoms with Gasteiger partial charge in [0.05, 0.1) is 18.8 Å². The SMILES string of the molecule is O=C(Cc1ccc(F)cc1)N1CCN(c2cncc(-n3cccn3)n2)CC1. The van der Waals surface area contributed by atoms with Gasteiger partial charge in [0.15, 0.2) is 5.82 Å². The highest BCUT2D eigenvalue weighted by Crippen LogP contribution is 2.15. The summed E-state index contributed by atoms with van der Waals surface area (Å²) < 4.78 is 14.6. The van der Waals surface area contributed by atoms with Crippen LogP contribution in [-0.4, -0.2) is 56.7 Å². The molecule has 8 heteroatoms. The van der Waals surface area contributed by atoms with Gasteiger partial charge in [-0.1, -0.05) is 12.1 Å². The fraction of sp³-hybridized carbons (Fsp3) is 0.263. The zero-order chi connectivity index (χ0) is 18.6. The lowest BCUT2D eigenvalue weighted by molar-refractivity contribution is -0.130. The first kappa shape index (κ1) is 17.1. The molecule has 0 spiro atoms. The Bertz CT molecular complexity index is 904. The molecule has 3 aromatic rings. The number of rotatable bonds is 4. The van der Waals surface area contributed by atoms with Gasteiger partial charge in [-0.05, 0) is 23.8 Å². The molecule has 1 saturated heterocycles. The first-order chi connectivity index (χ1) is 13.2. The largest absolute Gasteiger partial charge is 0.352 e. The second kappa shape index (κ2) is 7.53. The molecule has 27 heavy (non-hydrogen) atoms. The van der Waals surface area contributed by atoms with Gasteiger partial charge in [0, 0.05) is 38.6 Å². The van der Waals surface area contributed by atoms with E-state index in [1.54, 1.807) is 35.4 Å². The normalized spacial score (nSPS) is 14.4. The van der Waals surface area contributed by atoms with Crippen molar-refractivity contribution in [3.8, 4) is 5.82 Å². The Morgan fingerprint density at radius 2 is 1.78 bits per heavy atom. The van der Waals surface area contributed by atoms with Gasteiger partial charge < -0.3 is 9.80 Å². The van der Waals surface area contributed by atoms with Crippen molar-refractivity contribution in [2.45, 2.75) is 6.42 Å². The first-order valence-electron chi connectivity index (χ1n) is 8.78. The predicted octanol–water partition coefficient (Wildman–Crippen LogP) is 1.69. The molecule has 2 aromatic heterocycles. The molecule has 7 nitrogen and oxygen atoms in total. The Morgan fingerprint density at radius 3 is 2.48 bits per heavy atom. The Hall–Kier alpha value is -3.29. The summed E-state index contributed by atoms with van der Waals surface area (Å²) in [5.41, 5.74) is 0.821. The van der Waals surface area contributed by atoms with E-state index in [0.29, 0.717) is 32.0 Å². The Kier molecular flexibility index (Phi) is 4.78. The third kappa shape index (κ3) is 3.94. The van der Waals surface area contributed by atoms with E-state index >= 15 is 0 Å². The number of nitrogens with zero attached hydrogens (tertiary/aromatic N) is 6. The van der Waals surface area contributed by atoms with Gasteiger partial charge in [-0.3, -0.25) is 9.78 Å². The monoisotopic (exact) mass is 366 g/mol. The zero-order valence-corrected chi connectivity index (χ0v) is 14.7. The molecule has 1 fully saturated rings. The standard InChI is InChI=1S/C19H19FN6O/c20-16-4-2-15(3-5-16)12-19(27)25-10-8-24(9-11-25)17-13-21-14-18(23-17)26-7-1-6-22-26/h1-7,13-14H,8-12H2. The van der Waals surface area contributed by atoms with Gasteiger partial charge in [-0.25, -0.2) is 14.1 Å². The number of carbonyl (C=O) groups excluding carboxylic acids is 1. The number of aromatic nitrogens is 4. The Morgan fingerprint density at radius 1 is 1.04 bits per heavy atom. The van der Waals surface area contributed by atoms with E-state index in [1.807, 2.05) is 17.2 Å². The van der Waals surface area contributed by atoms with E-state index in [1.165, 1.54) is 12.1 Å². The number of amides is 1. The summed E-state index contributed by atoms with van der Waals surface area (Å²) in [6, 6.07) is 7.90. The molecule has 1 aliphatic rings. The fourth-order valence-corrected chi connectivity index (χ4v) is 3.09. The van der Waals surface area contributed by atoms with Crippen molar-refractivity contribution in [3.63, 3.8) is 0 Å². The maximum Gasteiger partial charge on any atom is 0.227 e. The lowest BCUT2D eigenvalue weighted by Gasteiger charge is -2.35. The van der Waals surface area contributed by atoms with Crippen molar-refractivity contribution >= 4 is 11.7 Å². The highest BCUT2D eigenvalue weighted by Gasteiger charge is 2.22. The minimum atomic E-state index is -0.293. The summed E-state index contributed by atoms with van der Waals surface area (Å²) in [5.74, 6) is 1.19. The molecule has 0 aliphatic carbocycles. The van der Waals surface area contributed by atoms with Crippen molar-refractivity contribution in [2.75, 3.05) is 31.1 Å². The lowest BCUT2D eigenvalue weighted by atomic mass is 10.1. The molecule has 0 bridgehead atoms. The number of halogens is 1. The number of piperazine rings is 1. The van der Waals surface area contributed by atoms with Crippen LogP contribution in [0, 0.1) is 5.82 Å². The number of hydrogen-bond acceptors (Lipinski definition) is 5. The van der Waals surface area contributed by atoms with Gasteiger partial charge in [0.1, 0.15) is 11.6 Å². The van der Waals surface area contributed by atoms with Crippen LogP contribution in [0.25, 0.3) is 5.82 Å².